The molecular formula is C25H32N4O4. The number of ether oxygens (including phenoxy) is 1. The second kappa shape index (κ2) is 8.39. The molecule has 2 bridgehead atoms. The molecule has 1 N–H and O–H groups in total. The van der Waals surface area contributed by atoms with Crippen molar-refractivity contribution in [3.05, 3.63) is 40.3 Å². The highest BCUT2D eigenvalue weighted by atomic mass is 16.5. The molecule has 2 unspecified atom stereocenters. The van der Waals surface area contributed by atoms with Crippen molar-refractivity contribution in [1.82, 2.24) is 15.2 Å². The maximum atomic E-state index is 12.8. The van der Waals surface area contributed by atoms with E-state index in [9.17, 15) is 14.4 Å². The van der Waals surface area contributed by atoms with E-state index in [1.54, 1.807) is 24.3 Å². The number of hydrogen-bond donors (Lipinski definition) is 1. The van der Waals surface area contributed by atoms with E-state index < -0.39 is 18.5 Å². The van der Waals surface area contributed by atoms with Gasteiger partial charge in [0.25, 0.3) is 11.5 Å². The minimum atomic E-state index is -0.750. The quantitative estimate of drug-likeness (QED) is 0.534. The summed E-state index contributed by atoms with van der Waals surface area (Å²) in [5.41, 5.74) is 3.48. The number of rotatable bonds is 6. The molecule has 2 atom stereocenters. The van der Waals surface area contributed by atoms with Crippen molar-refractivity contribution in [1.29, 1.82) is 0 Å². The van der Waals surface area contributed by atoms with E-state index >= 15 is 0 Å². The lowest BCUT2D eigenvalue weighted by atomic mass is 9.70. The van der Waals surface area contributed by atoms with Crippen molar-refractivity contribution in [3.63, 3.8) is 0 Å². The fraction of sp³-hybridized carbons (Fsp3) is 0.560. The molecule has 0 spiro atoms. The minimum Gasteiger partial charge on any atom is -0.451 e. The average Bonchev–Trinajstić information content (AvgIpc) is 3.11. The number of hydrogen-bond acceptors (Lipinski definition) is 6. The fourth-order valence-electron chi connectivity index (χ4n) is 5.31. The maximum absolute atomic E-state index is 12.8. The summed E-state index contributed by atoms with van der Waals surface area (Å²) in [4.78, 5) is 37.9. The van der Waals surface area contributed by atoms with Gasteiger partial charge in [-0.2, -0.15) is 10.2 Å². The molecule has 2 saturated carbocycles. The summed E-state index contributed by atoms with van der Waals surface area (Å²) in [6.45, 7) is 10.6. The summed E-state index contributed by atoms with van der Waals surface area (Å²) < 4.78 is 6.53. The Morgan fingerprint density at radius 3 is 2.55 bits per heavy atom. The predicted octanol–water partition coefficient (Wildman–Crippen LogP) is 3.53. The first-order valence-electron chi connectivity index (χ1n) is 11.6. The first-order chi connectivity index (χ1) is 15.5. The van der Waals surface area contributed by atoms with E-state index in [2.05, 4.69) is 36.4 Å². The highest BCUT2D eigenvalue weighted by molar-refractivity contribution is 6.02. The van der Waals surface area contributed by atoms with Gasteiger partial charge in [0.1, 0.15) is 0 Å². The third-order valence-electron chi connectivity index (χ3n) is 7.76. The third-order valence-corrected chi connectivity index (χ3v) is 7.76. The van der Waals surface area contributed by atoms with Gasteiger partial charge in [0, 0.05) is 23.1 Å². The predicted molar refractivity (Wildman–Crippen MR) is 126 cm³/mol. The zero-order valence-corrected chi connectivity index (χ0v) is 20.0. The van der Waals surface area contributed by atoms with E-state index in [0.29, 0.717) is 23.2 Å². The molecule has 2 aromatic rings. The Morgan fingerprint density at radius 2 is 1.94 bits per heavy atom. The molecule has 8 heteroatoms. The van der Waals surface area contributed by atoms with Crippen LogP contribution >= 0.6 is 0 Å². The summed E-state index contributed by atoms with van der Waals surface area (Å²) in [5.74, 6) is -0.501. The van der Waals surface area contributed by atoms with Crippen molar-refractivity contribution in [2.24, 2.45) is 27.8 Å². The van der Waals surface area contributed by atoms with Gasteiger partial charge in [-0.3, -0.25) is 9.59 Å². The first kappa shape index (κ1) is 23.1. The summed E-state index contributed by atoms with van der Waals surface area (Å²) in [6, 6.07) is 6.78. The van der Waals surface area contributed by atoms with E-state index in [4.69, 9.17) is 4.74 Å². The molecule has 1 amide bonds. The molecule has 33 heavy (non-hydrogen) atoms. The summed E-state index contributed by atoms with van der Waals surface area (Å²) >= 11 is 0. The van der Waals surface area contributed by atoms with Gasteiger partial charge >= 0.3 is 5.97 Å². The number of benzene rings is 1. The van der Waals surface area contributed by atoms with Crippen molar-refractivity contribution < 1.29 is 14.3 Å². The number of hydrazone groups is 1. The van der Waals surface area contributed by atoms with Crippen molar-refractivity contribution in [2.45, 2.75) is 60.4 Å². The summed E-state index contributed by atoms with van der Waals surface area (Å²) in [5, 5.41) is 9.45. The lowest BCUT2D eigenvalue weighted by Crippen LogP contribution is -2.35. The number of esters is 1. The molecule has 0 aliphatic heterocycles. The Bertz CT molecular complexity index is 1200. The number of carbonyl (C=O) groups is 2. The van der Waals surface area contributed by atoms with Crippen LogP contribution in [0.3, 0.4) is 0 Å². The largest absolute Gasteiger partial charge is 0.451 e. The second-order valence-corrected chi connectivity index (χ2v) is 10.4. The molecular weight excluding hydrogens is 420 g/mol. The minimum absolute atomic E-state index is 0.0193. The van der Waals surface area contributed by atoms with E-state index in [1.165, 1.54) is 11.1 Å². The molecule has 2 aliphatic carbocycles. The molecule has 2 aliphatic rings. The number of amides is 1. The molecule has 176 valence electrons. The number of carbonyl (C=O) groups excluding carboxylic acids is 2. The topological polar surface area (TPSA) is 103 Å². The van der Waals surface area contributed by atoms with Crippen molar-refractivity contribution in [3.8, 4) is 0 Å². The lowest BCUT2D eigenvalue weighted by molar-refractivity contribution is -0.124. The Labute approximate surface area is 193 Å². The van der Waals surface area contributed by atoms with Gasteiger partial charge in [0.05, 0.1) is 5.39 Å². The lowest BCUT2D eigenvalue weighted by Gasteiger charge is -2.34. The van der Waals surface area contributed by atoms with E-state index in [1.807, 2.05) is 13.8 Å². The van der Waals surface area contributed by atoms with Crippen LogP contribution in [0, 0.1) is 22.7 Å². The van der Waals surface area contributed by atoms with Crippen LogP contribution in [0.15, 0.2) is 34.2 Å². The molecule has 0 radical (unpaired) electrons. The standard InChI is InChI=1S/C25H32N4O4/c1-15(2)13-29-22(31)18-9-7-6-8-17(18)21(28-29)23(32)33-14-20(30)27-26-19-12-16-10-11-25(19,5)24(16,3)4/h6-9,15-16H,10-14H2,1-5H3,(H,27,30)/b26-19+. The SMILES string of the molecule is CC(C)Cn1nc(C(=O)OCC(=O)N/N=C2\CC3CCC2(C)C3(C)C)c2ccccc2c1=O. The van der Waals surface area contributed by atoms with Crippen molar-refractivity contribution in [2.75, 3.05) is 6.61 Å². The Morgan fingerprint density at radius 1 is 1.24 bits per heavy atom. The van der Waals surface area contributed by atoms with Gasteiger partial charge in [0.2, 0.25) is 0 Å². The van der Waals surface area contributed by atoms with Crippen molar-refractivity contribution >= 4 is 28.4 Å². The molecule has 4 rings (SSSR count). The van der Waals surface area contributed by atoms with Gasteiger partial charge in [-0.05, 0) is 42.6 Å². The van der Waals surface area contributed by atoms with Crippen LogP contribution in [-0.2, 0) is 16.1 Å². The van der Waals surface area contributed by atoms with Gasteiger partial charge in [-0.1, -0.05) is 52.8 Å². The fourth-order valence-corrected chi connectivity index (χ4v) is 5.31. The van der Waals surface area contributed by atoms with E-state index in [-0.39, 0.29) is 28.0 Å². The second-order valence-electron chi connectivity index (χ2n) is 10.4. The molecule has 8 nitrogen and oxygen atoms in total. The third kappa shape index (κ3) is 3.96. The number of nitrogens with zero attached hydrogens (tertiary/aromatic N) is 3. The zero-order chi connectivity index (χ0) is 24.0. The van der Waals surface area contributed by atoms with Crippen LogP contribution in [0.4, 0.5) is 0 Å². The number of aromatic nitrogens is 2. The summed E-state index contributed by atoms with van der Waals surface area (Å²) in [6.07, 6.45) is 3.14. The van der Waals surface area contributed by atoms with Gasteiger partial charge < -0.3 is 4.74 Å². The highest BCUT2D eigenvalue weighted by Gasteiger charge is 2.60. The smallest absolute Gasteiger partial charge is 0.359 e. The van der Waals surface area contributed by atoms with Crippen LogP contribution in [-0.4, -0.2) is 34.0 Å². The Hall–Kier alpha value is -3.03. The molecule has 1 heterocycles. The first-order valence-corrected chi connectivity index (χ1v) is 11.6. The maximum Gasteiger partial charge on any atom is 0.359 e. The van der Waals surface area contributed by atoms with Crippen LogP contribution in [0.2, 0.25) is 0 Å². The molecule has 2 fully saturated rings. The normalized spacial score (nSPS) is 24.5. The summed E-state index contributed by atoms with van der Waals surface area (Å²) in [7, 11) is 0. The Kier molecular flexibility index (Phi) is 5.88. The Balaban J connectivity index is 1.47. The van der Waals surface area contributed by atoms with Gasteiger partial charge in [-0.15, -0.1) is 0 Å². The number of fused-ring (bicyclic) bond motifs is 3. The van der Waals surface area contributed by atoms with Crippen LogP contribution in [0.1, 0.15) is 64.4 Å². The molecule has 1 aromatic heterocycles. The van der Waals surface area contributed by atoms with E-state index in [0.717, 1.165) is 18.6 Å². The molecule has 0 saturated heterocycles. The molecule has 1 aromatic carbocycles. The average molecular weight is 453 g/mol. The zero-order valence-electron chi connectivity index (χ0n) is 20.0. The number of nitrogens with one attached hydrogen (secondary N) is 1. The van der Waals surface area contributed by atoms with Gasteiger partial charge in [0.15, 0.2) is 12.3 Å². The van der Waals surface area contributed by atoms with Gasteiger partial charge in [-0.25, -0.2) is 14.9 Å². The monoisotopic (exact) mass is 452 g/mol. The van der Waals surface area contributed by atoms with Crippen LogP contribution < -0.4 is 11.0 Å². The highest BCUT2D eigenvalue weighted by Crippen LogP contribution is 2.63. The van der Waals surface area contributed by atoms with Crippen LogP contribution in [0.5, 0.6) is 0 Å². The van der Waals surface area contributed by atoms with Crippen LogP contribution in [0.25, 0.3) is 10.8 Å².